The summed E-state index contributed by atoms with van der Waals surface area (Å²) in [6, 6.07) is 11.7. The molecule has 0 atom stereocenters. The molecule has 0 N–H and O–H groups in total. The lowest BCUT2D eigenvalue weighted by Crippen LogP contribution is -2.48. The molecule has 3 heterocycles. The van der Waals surface area contributed by atoms with E-state index in [1.54, 1.807) is 11.3 Å². The van der Waals surface area contributed by atoms with Crippen molar-refractivity contribution in [2.45, 2.75) is 6.54 Å². The van der Waals surface area contributed by atoms with Gasteiger partial charge in [-0.2, -0.15) is 0 Å². The highest BCUT2D eigenvalue weighted by Crippen LogP contribution is 2.30. The first-order valence-corrected chi connectivity index (χ1v) is 10.2. The van der Waals surface area contributed by atoms with Crippen molar-refractivity contribution in [1.29, 1.82) is 0 Å². The van der Waals surface area contributed by atoms with Crippen LogP contribution in [0.3, 0.4) is 0 Å². The summed E-state index contributed by atoms with van der Waals surface area (Å²) in [6.45, 7) is 3.80. The molecule has 0 bridgehead atoms. The molecule has 140 valence electrons. The van der Waals surface area contributed by atoms with Gasteiger partial charge in [0, 0.05) is 48.3 Å². The highest BCUT2D eigenvalue weighted by molar-refractivity contribution is 7.13. The lowest BCUT2D eigenvalue weighted by atomic mass is 10.2. The SMILES string of the molecule is CN1CCN(C(=O)Cn2cccc2-c2nc(-c3ccc(Cl)cc3)cs2)CC1. The average molecular weight is 401 g/mol. The number of benzene rings is 1. The molecule has 1 amide bonds. The van der Waals surface area contributed by atoms with Crippen LogP contribution < -0.4 is 0 Å². The van der Waals surface area contributed by atoms with Crippen molar-refractivity contribution in [3.05, 3.63) is 53.0 Å². The van der Waals surface area contributed by atoms with Gasteiger partial charge in [-0.3, -0.25) is 4.79 Å². The molecule has 0 spiro atoms. The van der Waals surface area contributed by atoms with Crippen LogP contribution in [0.5, 0.6) is 0 Å². The fourth-order valence-corrected chi connectivity index (χ4v) is 4.19. The molecule has 4 rings (SSSR count). The summed E-state index contributed by atoms with van der Waals surface area (Å²) in [5, 5.41) is 3.67. The van der Waals surface area contributed by atoms with Crippen LogP contribution in [0.2, 0.25) is 5.02 Å². The normalized spacial score (nSPS) is 15.3. The molecule has 7 heteroatoms. The molecule has 1 aliphatic rings. The first-order chi connectivity index (χ1) is 13.1. The molecule has 5 nitrogen and oxygen atoms in total. The third kappa shape index (κ3) is 4.08. The average Bonchev–Trinajstić information content (AvgIpc) is 3.32. The maximum absolute atomic E-state index is 12.7. The van der Waals surface area contributed by atoms with Crippen molar-refractivity contribution in [2.24, 2.45) is 0 Å². The van der Waals surface area contributed by atoms with Gasteiger partial charge < -0.3 is 14.4 Å². The van der Waals surface area contributed by atoms with Crippen LogP contribution in [-0.2, 0) is 11.3 Å². The Labute approximate surface area is 167 Å². The Kier molecular flexibility index (Phi) is 5.29. The van der Waals surface area contributed by atoms with Crippen molar-refractivity contribution < 1.29 is 4.79 Å². The Bertz CT molecular complexity index is 926. The van der Waals surface area contributed by atoms with Crippen LogP contribution in [0, 0.1) is 0 Å². The predicted molar refractivity (Wildman–Crippen MR) is 110 cm³/mol. The van der Waals surface area contributed by atoms with E-state index >= 15 is 0 Å². The van der Waals surface area contributed by atoms with E-state index in [1.807, 2.05) is 57.4 Å². The smallest absolute Gasteiger partial charge is 0.242 e. The van der Waals surface area contributed by atoms with Gasteiger partial charge in [-0.1, -0.05) is 23.7 Å². The minimum atomic E-state index is 0.162. The minimum Gasteiger partial charge on any atom is -0.339 e. The number of halogens is 1. The van der Waals surface area contributed by atoms with Gasteiger partial charge in [-0.05, 0) is 31.3 Å². The fourth-order valence-electron chi connectivity index (χ4n) is 3.19. The van der Waals surface area contributed by atoms with E-state index in [1.165, 1.54) is 0 Å². The number of piperazine rings is 1. The number of amides is 1. The van der Waals surface area contributed by atoms with Gasteiger partial charge in [0.1, 0.15) is 11.6 Å². The quantitative estimate of drug-likeness (QED) is 0.670. The lowest BCUT2D eigenvalue weighted by molar-refractivity contribution is -0.133. The molecule has 1 saturated heterocycles. The number of thiazole rings is 1. The van der Waals surface area contributed by atoms with Crippen molar-refractivity contribution in [2.75, 3.05) is 33.2 Å². The summed E-state index contributed by atoms with van der Waals surface area (Å²) < 4.78 is 1.99. The number of hydrogen-bond donors (Lipinski definition) is 0. The highest BCUT2D eigenvalue weighted by Gasteiger charge is 2.20. The Morgan fingerprint density at radius 3 is 2.63 bits per heavy atom. The molecule has 0 radical (unpaired) electrons. The van der Waals surface area contributed by atoms with Gasteiger partial charge in [-0.25, -0.2) is 4.98 Å². The maximum atomic E-state index is 12.7. The Morgan fingerprint density at radius 1 is 1.15 bits per heavy atom. The molecular formula is C20H21ClN4OS. The summed E-state index contributed by atoms with van der Waals surface area (Å²) in [6.07, 6.45) is 1.95. The Morgan fingerprint density at radius 2 is 1.89 bits per heavy atom. The van der Waals surface area contributed by atoms with E-state index in [0.717, 1.165) is 48.1 Å². The number of hydrogen-bond acceptors (Lipinski definition) is 4. The summed E-state index contributed by atoms with van der Waals surface area (Å²) in [5.74, 6) is 0.162. The van der Waals surface area contributed by atoms with Crippen molar-refractivity contribution in [3.8, 4) is 22.0 Å². The first kappa shape index (κ1) is 18.2. The van der Waals surface area contributed by atoms with E-state index in [-0.39, 0.29) is 5.91 Å². The second-order valence-corrected chi connectivity index (χ2v) is 8.04. The van der Waals surface area contributed by atoms with Crippen molar-refractivity contribution >= 4 is 28.8 Å². The molecule has 2 aromatic heterocycles. The molecular weight excluding hydrogens is 380 g/mol. The zero-order valence-electron chi connectivity index (χ0n) is 15.1. The van der Waals surface area contributed by atoms with Gasteiger partial charge >= 0.3 is 0 Å². The molecule has 27 heavy (non-hydrogen) atoms. The van der Waals surface area contributed by atoms with Gasteiger partial charge in [0.05, 0.1) is 11.4 Å². The number of carbonyl (C=O) groups is 1. The van der Waals surface area contributed by atoms with E-state index in [9.17, 15) is 4.79 Å². The fraction of sp³-hybridized carbons (Fsp3) is 0.300. The van der Waals surface area contributed by atoms with Crippen LogP contribution in [-0.4, -0.2) is 58.5 Å². The first-order valence-electron chi connectivity index (χ1n) is 8.93. The van der Waals surface area contributed by atoms with Gasteiger partial charge in [0.15, 0.2) is 0 Å². The number of carbonyl (C=O) groups excluding carboxylic acids is 1. The zero-order chi connectivity index (χ0) is 18.8. The largest absolute Gasteiger partial charge is 0.339 e. The predicted octanol–water partition coefficient (Wildman–Crippen LogP) is 3.71. The number of aromatic nitrogens is 2. The summed E-state index contributed by atoms with van der Waals surface area (Å²) >= 11 is 7.55. The monoisotopic (exact) mass is 400 g/mol. The summed E-state index contributed by atoms with van der Waals surface area (Å²) in [5.41, 5.74) is 2.93. The van der Waals surface area contributed by atoms with E-state index < -0.39 is 0 Å². The summed E-state index contributed by atoms with van der Waals surface area (Å²) in [7, 11) is 2.09. The van der Waals surface area contributed by atoms with Crippen LogP contribution in [0.1, 0.15) is 0 Å². The van der Waals surface area contributed by atoms with E-state index in [0.29, 0.717) is 11.6 Å². The van der Waals surface area contributed by atoms with Crippen molar-refractivity contribution in [3.63, 3.8) is 0 Å². The van der Waals surface area contributed by atoms with E-state index in [2.05, 4.69) is 11.9 Å². The van der Waals surface area contributed by atoms with Crippen LogP contribution >= 0.6 is 22.9 Å². The highest BCUT2D eigenvalue weighted by atomic mass is 35.5. The molecule has 1 aromatic carbocycles. The van der Waals surface area contributed by atoms with Crippen LogP contribution in [0.25, 0.3) is 22.0 Å². The van der Waals surface area contributed by atoms with Crippen LogP contribution in [0.15, 0.2) is 48.0 Å². The molecule has 1 fully saturated rings. The molecule has 0 saturated carbocycles. The maximum Gasteiger partial charge on any atom is 0.242 e. The third-order valence-corrected chi connectivity index (χ3v) is 5.97. The summed E-state index contributed by atoms with van der Waals surface area (Å²) in [4.78, 5) is 21.6. The second-order valence-electron chi connectivity index (χ2n) is 6.75. The van der Waals surface area contributed by atoms with Crippen molar-refractivity contribution in [1.82, 2.24) is 19.4 Å². The van der Waals surface area contributed by atoms with Gasteiger partial charge in [-0.15, -0.1) is 11.3 Å². The second kappa shape index (κ2) is 7.84. The number of likely N-dealkylation sites (N-methyl/N-ethyl adjacent to an activating group) is 1. The standard InChI is InChI=1S/C20H21ClN4OS/c1-23-9-11-24(12-10-23)19(26)13-25-8-2-3-18(25)20-22-17(14-27-20)15-4-6-16(21)7-5-15/h2-8,14H,9-13H2,1H3. The molecule has 1 aliphatic heterocycles. The number of rotatable bonds is 4. The van der Waals surface area contributed by atoms with Gasteiger partial charge in [0.25, 0.3) is 0 Å². The van der Waals surface area contributed by atoms with Crippen LogP contribution in [0.4, 0.5) is 0 Å². The number of nitrogens with zero attached hydrogens (tertiary/aromatic N) is 4. The molecule has 0 aliphatic carbocycles. The van der Waals surface area contributed by atoms with Gasteiger partial charge in [0.2, 0.25) is 5.91 Å². The lowest BCUT2D eigenvalue weighted by Gasteiger charge is -2.32. The Hall–Kier alpha value is -2.15. The molecule has 3 aromatic rings. The van der Waals surface area contributed by atoms with E-state index in [4.69, 9.17) is 16.6 Å². The topological polar surface area (TPSA) is 41.4 Å². The third-order valence-electron chi connectivity index (χ3n) is 4.85. The Balaban J connectivity index is 1.50. The zero-order valence-corrected chi connectivity index (χ0v) is 16.7. The molecule has 0 unspecified atom stereocenters. The minimum absolute atomic E-state index is 0.162.